The summed E-state index contributed by atoms with van der Waals surface area (Å²) in [5, 5.41) is 10.3. The predicted molar refractivity (Wildman–Crippen MR) is 89.1 cm³/mol. The van der Waals surface area contributed by atoms with Gasteiger partial charge in [-0.2, -0.15) is 0 Å². The monoisotopic (exact) mass is 302 g/mol. The van der Waals surface area contributed by atoms with Crippen molar-refractivity contribution in [1.82, 2.24) is 0 Å². The van der Waals surface area contributed by atoms with Crippen LogP contribution in [0.25, 0.3) is 0 Å². The molecule has 112 valence electrons. The highest BCUT2D eigenvalue weighted by Gasteiger charge is 2.10. The number of benzene rings is 2. The third kappa shape index (κ3) is 5.10. The van der Waals surface area contributed by atoms with E-state index in [1.807, 2.05) is 44.2 Å². The topological polar surface area (TPSA) is 29.5 Å². The molecule has 3 heteroatoms. The molecule has 0 aromatic heterocycles. The molecule has 2 aromatic carbocycles. The lowest BCUT2D eigenvalue weighted by atomic mass is 10.1. The number of aryl methyl sites for hydroxylation is 1. The Labute approximate surface area is 131 Å². The molecule has 1 atom stereocenters. The van der Waals surface area contributed by atoms with Crippen LogP contribution in [0.3, 0.4) is 0 Å². The minimum Gasteiger partial charge on any atom is -0.491 e. The summed E-state index contributed by atoms with van der Waals surface area (Å²) in [7, 11) is 0. The van der Waals surface area contributed by atoms with E-state index in [9.17, 15) is 5.11 Å². The molecule has 0 saturated carbocycles. The highest BCUT2D eigenvalue weighted by atomic mass is 32.2. The predicted octanol–water partition coefficient (Wildman–Crippen LogP) is 4.61. The van der Waals surface area contributed by atoms with E-state index in [4.69, 9.17) is 4.74 Å². The van der Waals surface area contributed by atoms with E-state index in [0.717, 1.165) is 11.3 Å². The lowest BCUT2D eigenvalue weighted by Crippen LogP contribution is -2.07. The van der Waals surface area contributed by atoms with Crippen molar-refractivity contribution in [3.63, 3.8) is 0 Å². The first kappa shape index (κ1) is 15.9. The van der Waals surface area contributed by atoms with Crippen LogP contribution in [0.2, 0.25) is 0 Å². The quantitative estimate of drug-likeness (QED) is 0.790. The summed E-state index contributed by atoms with van der Waals surface area (Å²) in [5.41, 5.74) is 2.13. The molecule has 0 amide bonds. The Hall–Kier alpha value is -1.45. The van der Waals surface area contributed by atoms with Gasteiger partial charge < -0.3 is 9.84 Å². The van der Waals surface area contributed by atoms with Gasteiger partial charge in [-0.1, -0.05) is 29.8 Å². The Morgan fingerprint density at radius 3 is 2.57 bits per heavy atom. The number of hydrogen-bond acceptors (Lipinski definition) is 3. The molecule has 0 bridgehead atoms. The maximum atomic E-state index is 10.3. The molecule has 0 spiro atoms. The van der Waals surface area contributed by atoms with Crippen molar-refractivity contribution in [2.75, 3.05) is 5.75 Å². The van der Waals surface area contributed by atoms with Crippen LogP contribution in [0.5, 0.6) is 5.75 Å². The van der Waals surface area contributed by atoms with E-state index in [2.05, 4.69) is 25.1 Å². The molecule has 2 aromatic rings. The Bertz CT molecular complexity index is 581. The first-order valence-corrected chi connectivity index (χ1v) is 8.17. The zero-order chi connectivity index (χ0) is 15.2. The fourth-order valence-electron chi connectivity index (χ4n) is 2.04. The van der Waals surface area contributed by atoms with Gasteiger partial charge in [0.2, 0.25) is 0 Å². The number of rotatable bonds is 6. The molecule has 0 radical (unpaired) electrons. The molecule has 0 saturated heterocycles. The average molecular weight is 302 g/mol. The van der Waals surface area contributed by atoms with Gasteiger partial charge in [-0.25, -0.2) is 0 Å². The van der Waals surface area contributed by atoms with Crippen molar-refractivity contribution in [3.05, 3.63) is 59.7 Å². The van der Waals surface area contributed by atoms with E-state index >= 15 is 0 Å². The van der Waals surface area contributed by atoms with Gasteiger partial charge in [-0.3, -0.25) is 0 Å². The lowest BCUT2D eigenvalue weighted by Gasteiger charge is -2.14. The highest BCUT2D eigenvalue weighted by molar-refractivity contribution is 7.99. The van der Waals surface area contributed by atoms with Crippen LogP contribution in [-0.4, -0.2) is 17.0 Å². The second-order valence-electron chi connectivity index (χ2n) is 5.38. The minimum atomic E-state index is -0.494. The molecule has 21 heavy (non-hydrogen) atoms. The largest absolute Gasteiger partial charge is 0.491 e. The second kappa shape index (κ2) is 7.53. The molecule has 2 rings (SSSR count). The number of aliphatic hydroxyl groups is 1. The molecule has 1 N–H and O–H groups in total. The van der Waals surface area contributed by atoms with Crippen LogP contribution in [0.15, 0.2) is 53.4 Å². The van der Waals surface area contributed by atoms with E-state index in [1.165, 1.54) is 10.5 Å². The molecule has 0 aliphatic carbocycles. The van der Waals surface area contributed by atoms with E-state index in [-0.39, 0.29) is 6.10 Å². The number of hydrogen-bond donors (Lipinski definition) is 1. The van der Waals surface area contributed by atoms with Crippen LogP contribution >= 0.6 is 11.8 Å². The summed E-state index contributed by atoms with van der Waals surface area (Å²) >= 11 is 1.67. The maximum Gasteiger partial charge on any atom is 0.120 e. The van der Waals surface area contributed by atoms with Crippen molar-refractivity contribution in [2.24, 2.45) is 0 Å². The van der Waals surface area contributed by atoms with Gasteiger partial charge >= 0.3 is 0 Å². The maximum absolute atomic E-state index is 10.3. The first-order chi connectivity index (χ1) is 10.0. The van der Waals surface area contributed by atoms with Crippen molar-refractivity contribution < 1.29 is 9.84 Å². The second-order valence-corrected chi connectivity index (χ2v) is 6.48. The van der Waals surface area contributed by atoms with Gasteiger partial charge in [0.05, 0.1) is 12.2 Å². The van der Waals surface area contributed by atoms with E-state index < -0.39 is 6.10 Å². The minimum absolute atomic E-state index is 0.138. The smallest absolute Gasteiger partial charge is 0.120 e. The summed E-state index contributed by atoms with van der Waals surface area (Å²) in [6, 6.07) is 16.0. The number of ether oxygens (including phenoxy) is 1. The van der Waals surface area contributed by atoms with Crippen molar-refractivity contribution in [1.29, 1.82) is 0 Å². The van der Waals surface area contributed by atoms with Gasteiger partial charge in [0.1, 0.15) is 5.75 Å². The standard InChI is InChI=1S/C18H22O2S/c1-13(2)20-16-8-5-7-15(11-16)18(19)12-21-17-9-4-6-14(3)10-17/h4-11,13,18-19H,12H2,1-3H3. The zero-order valence-electron chi connectivity index (χ0n) is 12.7. The van der Waals surface area contributed by atoms with Gasteiger partial charge in [0, 0.05) is 10.6 Å². The van der Waals surface area contributed by atoms with Gasteiger partial charge in [0.15, 0.2) is 0 Å². The zero-order valence-corrected chi connectivity index (χ0v) is 13.6. The van der Waals surface area contributed by atoms with Crippen LogP contribution < -0.4 is 4.74 Å². The third-order valence-electron chi connectivity index (χ3n) is 3.01. The first-order valence-electron chi connectivity index (χ1n) is 7.19. The van der Waals surface area contributed by atoms with Gasteiger partial charge in [0.25, 0.3) is 0 Å². The SMILES string of the molecule is Cc1cccc(SCC(O)c2cccc(OC(C)C)c2)c1. The van der Waals surface area contributed by atoms with Crippen molar-refractivity contribution >= 4 is 11.8 Å². The number of aliphatic hydroxyl groups excluding tert-OH is 1. The van der Waals surface area contributed by atoms with E-state index in [1.54, 1.807) is 11.8 Å². The van der Waals surface area contributed by atoms with Crippen LogP contribution in [0.4, 0.5) is 0 Å². The average Bonchev–Trinajstić information content (AvgIpc) is 2.44. The molecule has 0 heterocycles. The van der Waals surface area contributed by atoms with Gasteiger partial charge in [-0.15, -0.1) is 11.8 Å². The fourth-order valence-corrected chi connectivity index (χ4v) is 3.03. The Morgan fingerprint density at radius 1 is 1.10 bits per heavy atom. The molecule has 0 fully saturated rings. The molecule has 2 nitrogen and oxygen atoms in total. The van der Waals surface area contributed by atoms with Crippen LogP contribution in [0, 0.1) is 6.92 Å². The number of thioether (sulfide) groups is 1. The molecular weight excluding hydrogens is 280 g/mol. The van der Waals surface area contributed by atoms with Crippen molar-refractivity contribution in [2.45, 2.75) is 37.9 Å². The highest BCUT2D eigenvalue weighted by Crippen LogP contribution is 2.27. The Morgan fingerprint density at radius 2 is 1.86 bits per heavy atom. The van der Waals surface area contributed by atoms with Crippen LogP contribution in [0.1, 0.15) is 31.1 Å². The molecule has 0 aliphatic heterocycles. The van der Waals surface area contributed by atoms with Crippen molar-refractivity contribution in [3.8, 4) is 5.75 Å². The molecule has 0 aliphatic rings. The van der Waals surface area contributed by atoms with Gasteiger partial charge in [-0.05, 0) is 50.6 Å². The summed E-state index contributed by atoms with van der Waals surface area (Å²) in [6.07, 6.45) is -0.356. The van der Waals surface area contributed by atoms with E-state index in [0.29, 0.717) is 5.75 Å². The molecule has 1 unspecified atom stereocenters. The Kier molecular flexibility index (Phi) is 5.71. The Balaban J connectivity index is 1.98. The summed E-state index contributed by atoms with van der Waals surface area (Å²) < 4.78 is 5.67. The fraction of sp³-hybridized carbons (Fsp3) is 0.333. The molecular formula is C18H22O2S. The third-order valence-corrected chi connectivity index (χ3v) is 4.08. The lowest BCUT2D eigenvalue weighted by molar-refractivity contribution is 0.201. The summed E-state index contributed by atoms with van der Waals surface area (Å²) in [4.78, 5) is 1.18. The summed E-state index contributed by atoms with van der Waals surface area (Å²) in [5.74, 6) is 1.44. The normalized spacial score (nSPS) is 12.4. The summed E-state index contributed by atoms with van der Waals surface area (Å²) in [6.45, 7) is 6.07. The van der Waals surface area contributed by atoms with Crippen LogP contribution in [-0.2, 0) is 0 Å².